The van der Waals surface area contributed by atoms with Crippen molar-refractivity contribution in [1.29, 1.82) is 0 Å². The average molecular weight is 368 g/mol. The van der Waals surface area contributed by atoms with Gasteiger partial charge in [-0.2, -0.15) is 0 Å². The van der Waals surface area contributed by atoms with E-state index in [4.69, 9.17) is 0 Å². The van der Waals surface area contributed by atoms with Gasteiger partial charge in [0.1, 0.15) is 0 Å². The van der Waals surface area contributed by atoms with Crippen molar-refractivity contribution in [2.24, 2.45) is 0 Å². The number of hydrogen-bond donors (Lipinski definition) is 3. The summed E-state index contributed by atoms with van der Waals surface area (Å²) in [6.07, 6.45) is 3.14. The minimum absolute atomic E-state index is 0.179. The van der Waals surface area contributed by atoms with Crippen LogP contribution in [0.2, 0.25) is 0 Å². The molecule has 3 aromatic rings. The molecule has 0 spiro atoms. The number of urea groups is 1. The smallest absolute Gasteiger partial charge is 0.308 e. The van der Waals surface area contributed by atoms with Gasteiger partial charge in [0.15, 0.2) is 0 Å². The molecule has 132 valence electrons. The van der Waals surface area contributed by atoms with Crippen LogP contribution in [0.1, 0.15) is 0 Å². The van der Waals surface area contributed by atoms with Crippen molar-refractivity contribution in [1.82, 2.24) is 4.98 Å². The number of anilines is 3. The number of amides is 2. The van der Waals surface area contributed by atoms with Crippen LogP contribution in [0.3, 0.4) is 0 Å². The first-order chi connectivity index (χ1) is 12.5. The van der Waals surface area contributed by atoms with Crippen LogP contribution in [0.5, 0.6) is 0 Å². The van der Waals surface area contributed by atoms with Gasteiger partial charge in [-0.15, -0.1) is 0 Å². The third kappa shape index (κ3) is 4.58. The van der Waals surface area contributed by atoms with E-state index in [0.717, 1.165) is 0 Å². The summed E-state index contributed by atoms with van der Waals surface area (Å²) in [4.78, 5) is 16.0. The van der Waals surface area contributed by atoms with Gasteiger partial charge >= 0.3 is 6.03 Å². The molecule has 8 heteroatoms. The third-order valence-electron chi connectivity index (χ3n) is 3.37. The Morgan fingerprint density at radius 3 is 2.08 bits per heavy atom. The molecule has 0 radical (unpaired) electrons. The molecule has 0 saturated carbocycles. The van der Waals surface area contributed by atoms with E-state index < -0.39 is 16.1 Å². The maximum absolute atomic E-state index is 12.3. The summed E-state index contributed by atoms with van der Waals surface area (Å²) in [5.41, 5.74) is 1.48. The predicted octanol–water partition coefficient (Wildman–Crippen LogP) is 3.53. The number of pyridine rings is 1. The number of benzene rings is 2. The number of nitrogens with one attached hydrogen (secondary N) is 3. The highest BCUT2D eigenvalue weighted by Gasteiger charge is 2.13. The summed E-state index contributed by atoms with van der Waals surface area (Å²) < 4.78 is 27.0. The molecule has 0 aliphatic rings. The van der Waals surface area contributed by atoms with Crippen LogP contribution in [0, 0.1) is 0 Å². The van der Waals surface area contributed by atoms with Crippen LogP contribution in [-0.4, -0.2) is 19.4 Å². The summed E-state index contributed by atoms with van der Waals surface area (Å²) in [5.74, 6) is 0. The van der Waals surface area contributed by atoms with Crippen molar-refractivity contribution in [2.75, 3.05) is 15.4 Å². The fourth-order valence-corrected chi connectivity index (χ4v) is 3.25. The van der Waals surface area contributed by atoms with Gasteiger partial charge < -0.3 is 10.6 Å². The normalized spacial score (nSPS) is 10.8. The Labute approximate surface area is 151 Å². The molecule has 0 aliphatic carbocycles. The predicted molar refractivity (Wildman–Crippen MR) is 101 cm³/mol. The standard InChI is InChI=1S/C18H16N4O3S/c23-18(21-16-5-4-12-19-13-16)20-14-8-10-15(11-9-14)22-26(24,25)17-6-2-1-3-7-17/h1-13,22H,(H2,20,21,23). The molecule has 2 aromatic carbocycles. The molecule has 3 N–H and O–H groups in total. The van der Waals surface area contributed by atoms with Crippen LogP contribution < -0.4 is 15.4 Å². The first-order valence-electron chi connectivity index (χ1n) is 7.69. The fourth-order valence-electron chi connectivity index (χ4n) is 2.17. The minimum atomic E-state index is -3.65. The average Bonchev–Trinajstić information content (AvgIpc) is 2.65. The third-order valence-corrected chi connectivity index (χ3v) is 4.77. The molecule has 0 atom stereocenters. The molecule has 26 heavy (non-hydrogen) atoms. The van der Waals surface area contributed by atoms with Gasteiger partial charge in [0.2, 0.25) is 0 Å². The van der Waals surface area contributed by atoms with Crippen LogP contribution in [0.4, 0.5) is 21.9 Å². The molecule has 0 aliphatic heterocycles. The zero-order chi connectivity index (χ0) is 18.4. The number of sulfonamides is 1. The van der Waals surface area contributed by atoms with Crippen LogP contribution in [-0.2, 0) is 10.0 Å². The van der Waals surface area contributed by atoms with Crippen molar-refractivity contribution in [2.45, 2.75) is 4.90 Å². The molecule has 7 nitrogen and oxygen atoms in total. The topological polar surface area (TPSA) is 100 Å². The van der Waals surface area contributed by atoms with Crippen LogP contribution in [0.15, 0.2) is 84.0 Å². The van der Waals surface area contributed by atoms with Crippen molar-refractivity contribution in [3.05, 3.63) is 79.1 Å². The highest BCUT2D eigenvalue weighted by molar-refractivity contribution is 7.92. The van der Waals surface area contributed by atoms with E-state index in [1.165, 1.54) is 18.3 Å². The maximum Gasteiger partial charge on any atom is 0.323 e. The zero-order valence-electron chi connectivity index (χ0n) is 13.6. The van der Waals surface area contributed by atoms with Gasteiger partial charge in [-0.1, -0.05) is 18.2 Å². The highest BCUT2D eigenvalue weighted by atomic mass is 32.2. The van der Waals surface area contributed by atoms with E-state index >= 15 is 0 Å². The van der Waals surface area contributed by atoms with E-state index in [9.17, 15) is 13.2 Å². The second kappa shape index (κ2) is 7.66. The molecule has 0 fully saturated rings. The molecule has 1 aromatic heterocycles. The Morgan fingerprint density at radius 1 is 0.769 bits per heavy atom. The Morgan fingerprint density at radius 2 is 1.42 bits per heavy atom. The first kappa shape index (κ1) is 17.4. The summed E-state index contributed by atoms with van der Waals surface area (Å²) >= 11 is 0. The number of nitrogens with zero attached hydrogens (tertiary/aromatic N) is 1. The lowest BCUT2D eigenvalue weighted by Crippen LogP contribution is -2.19. The van der Waals surface area contributed by atoms with Gasteiger partial charge in [0.25, 0.3) is 10.0 Å². The van der Waals surface area contributed by atoms with Gasteiger partial charge in [-0.3, -0.25) is 9.71 Å². The van der Waals surface area contributed by atoms with Crippen molar-refractivity contribution >= 4 is 33.1 Å². The summed E-state index contributed by atoms with van der Waals surface area (Å²) in [6.45, 7) is 0. The zero-order valence-corrected chi connectivity index (χ0v) is 14.4. The molecule has 3 rings (SSSR count). The van der Waals surface area contributed by atoms with E-state index in [1.807, 2.05) is 0 Å². The molecular formula is C18H16N4O3S. The van der Waals surface area contributed by atoms with Gasteiger partial charge in [-0.05, 0) is 48.5 Å². The quantitative estimate of drug-likeness (QED) is 0.641. The lowest BCUT2D eigenvalue weighted by atomic mass is 10.3. The second-order valence-electron chi connectivity index (χ2n) is 5.32. The van der Waals surface area contributed by atoms with Crippen molar-refractivity contribution in [3.63, 3.8) is 0 Å². The fraction of sp³-hybridized carbons (Fsp3) is 0. The number of carbonyl (C=O) groups is 1. The van der Waals surface area contributed by atoms with Crippen molar-refractivity contribution < 1.29 is 13.2 Å². The summed E-state index contributed by atoms with van der Waals surface area (Å²) in [7, 11) is -3.65. The molecule has 0 saturated heterocycles. The van der Waals surface area contributed by atoms with Gasteiger partial charge in [0, 0.05) is 17.6 Å². The Bertz CT molecular complexity index is 976. The van der Waals surface area contributed by atoms with E-state index in [1.54, 1.807) is 60.8 Å². The van der Waals surface area contributed by atoms with E-state index in [-0.39, 0.29) is 4.90 Å². The Kier molecular flexibility index (Phi) is 5.14. The van der Waals surface area contributed by atoms with E-state index in [0.29, 0.717) is 17.1 Å². The SMILES string of the molecule is O=C(Nc1ccc(NS(=O)(=O)c2ccccc2)cc1)Nc1cccnc1. The Hall–Kier alpha value is -3.39. The van der Waals surface area contributed by atoms with Gasteiger partial charge in [-0.25, -0.2) is 13.2 Å². The second-order valence-corrected chi connectivity index (χ2v) is 7.00. The van der Waals surface area contributed by atoms with Crippen LogP contribution >= 0.6 is 0 Å². The number of carbonyl (C=O) groups excluding carboxylic acids is 1. The molecule has 1 heterocycles. The largest absolute Gasteiger partial charge is 0.323 e. The highest BCUT2D eigenvalue weighted by Crippen LogP contribution is 2.18. The molecule has 2 amide bonds. The number of rotatable bonds is 5. The molecule has 0 unspecified atom stereocenters. The number of aromatic nitrogens is 1. The van der Waals surface area contributed by atoms with E-state index in [2.05, 4.69) is 20.3 Å². The van der Waals surface area contributed by atoms with Crippen LogP contribution in [0.25, 0.3) is 0 Å². The summed E-state index contributed by atoms with van der Waals surface area (Å²) in [5, 5.41) is 5.30. The first-order valence-corrected chi connectivity index (χ1v) is 9.17. The van der Waals surface area contributed by atoms with Gasteiger partial charge in [0.05, 0.1) is 16.8 Å². The summed E-state index contributed by atoms with van der Waals surface area (Å²) in [6, 6.07) is 17.4. The van der Waals surface area contributed by atoms with Crippen molar-refractivity contribution in [3.8, 4) is 0 Å². The lowest BCUT2D eigenvalue weighted by molar-refractivity contribution is 0.262. The number of hydrogen-bond acceptors (Lipinski definition) is 4. The molecular weight excluding hydrogens is 352 g/mol. The monoisotopic (exact) mass is 368 g/mol. The minimum Gasteiger partial charge on any atom is -0.308 e. The lowest BCUT2D eigenvalue weighted by Gasteiger charge is -2.10. The maximum atomic E-state index is 12.3. The molecule has 0 bridgehead atoms. The Balaban J connectivity index is 1.62.